The van der Waals surface area contributed by atoms with Gasteiger partial charge in [0, 0.05) is 26.2 Å². The third-order valence-electron chi connectivity index (χ3n) is 4.62. The first-order valence-electron chi connectivity index (χ1n) is 7.31. The smallest absolute Gasteiger partial charge is 0.236 e. The number of hydrogen-bond acceptors (Lipinski definition) is 4. The van der Waals surface area contributed by atoms with E-state index in [1.54, 1.807) is 0 Å². The van der Waals surface area contributed by atoms with Gasteiger partial charge < -0.3 is 15.1 Å². The molecule has 19 heavy (non-hydrogen) atoms. The molecule has 1 amide bonds. The highest BCUT2D eigenvalue weighted by Crippen LogP contribution is 2.26. The van der Waals surface area contributed by atoms with Crippen molar-refractivity contribution >= 4 is 5.91 Å². The van der Waals surface area contributed by atoms with Gasteiger partial charge in [-0.3, -0.25) is 9.69 Å². The minimum absolute atomic E-state index is 0.0980. The van der Waals surface area contributed by atoms with Gasteiger partial charge >= 0.3 is 0 Å². The maximum atomic E-state index is 12.2. The number of rotatable bonds is 3. The van der Waals surface area contributed by atoms with E-state index in [0.717, 1.165) is 18.8 Å². The number of carbonyl (C=O) groups excluding carboxylic acids is 1. The van der Waals surface area contributed by atoms with Gasteiger partial charge in [-0.2, -0.15) is 0 Å². The predicted octanol–water partition coefficient (Wildman–Crippen LogP) is 0.0609. The molecule has 0 aromatic heterocycles. The second kappa shape index (κ2) is 6.20. The summed E-state index contributed by atoms with van der Waals surface area (Å²) < 4.78 is 0. The molecule has 0 bridgehead atoms. The quantitative estimate of drug-likeness (QED) is 0.761. The molecular formula is C14H26N2O3. The number of amides is 1. The van der Waals surface area contributed by atoms with E-state index in [0.29, 0.717) is 25.7 Å². The Morgan fingerprint density at radius 3 is 2.21 bits per heavy atom. The Kier molecular flexibility index (Phi) is 4.81. The Bertz CT molecular complexity index is 306. The van der Waals surface area contributed by atoms with Crippen molar-refractivity contribution in [3.8, 4) is 0 Å². The summed E-state index contributed by atoms with van der Waals surface area (Å²) in [4.78, 5) is 15.9. The van der Waals surface area contributed by atoms with Gasteiger partial charge in [-0.1, -0.05) is 6.92 Å². The van der Waals surface area contributed by atoms with Gasteiger partial charge in [0.2, 0.25) is 5.91 Å². The number of aliphatic hydroxyl groups is 2. The summed E-state index contributed by atoms with van der Waals surface area (Å²) in [5.74, 6) is 0.879. The predicted molar refractivity (Wildman–Crippen MR) is 72.6 cm³/mol. The molecular weight excluding hydrogens is 244 g/mol. The molecule has 1 heterocycles. The molecule has 1 saturated carbocycles. The van der Waals surface area contributed by atoms with Gasteiger partial charge in [-0.25, -0.2) is 0 Å². The van der Waals surface area contributed by atoms with E-state index in [1.807, 2.05) is 16.8 Å². The molecule has 0 aromatic carbocycles. The molecule has 1 saturated heterocycles. The third kappa shape index (κ3) is 3.68. The Morgan fingerprint density at radius 1 is 1.16 bits per heavy atom. The standard InChI is InChI=1S/C14H26N2O3/c1-10-3-5-11(6-4-10)15(2)14(19)9-16-7-12(17)13(18)8-16/h10-13,17-18H,3-9H2,1-2H3. The van der Waals surface area contributed by atoms with Crippen LogP contribution in [0.25, 0.3) is 0 Å². The lowest BCUT2D eigenvalue weighted by atomic mass is 9.87. The molecule has 1 aliphatic carbocycles. The fourth-order valence-electron chi connectivity index (χ4n) is 3.11. The fraction of sp³-hybridized carbons (Fsp3) is 0.929. The third-order valence-corrected chi connectivity index (χ3v) is 4.62. The molecule has 5 nitrogen and oxygen atoms in total. The van der Waals surface area contributed by atoms with Crippen LogP contribution in [0.3, 0.4) is 0 Å². The number of aliphatic hydroxyl groups excluding tert-OH is 2. The van der Waals surface area contributed by atoms with E-state index in [1.165, 1.54) is 12.8 Å². The van der Waals surface area contributed by atoms with Gasteiger partial charge in [0.15, 0.2) is 0 Å². The van der Waals surface area contributed by atoms with Crippen molar-refractivity contribution < 1.29 is 15.0 Å². The summed E-state index contributed by atoms with van der Waals surface area (Å²) in [6.45, 7) is 3.35. The van der Waals surface area contributed by atoms with Gasteiger partial charge in [0.05, 0.1) is 18.8 Å². The van der Waals surface area contributed by atoms with E-state index in [4.69, 9.17) is 0 Å². The largest absolute Gasteiger partial charge is 0.389 e. The van der Waals surface area contributed by atoms with Crippen LogP contribution in [0.2, 0.25) is 0 Å². The number of hydrogen-bond donors (Lipinski definition) is 2. The molecule has 0 spiro atoms. The van der Waals surface area contributed by atoms with Crippen LogP contribution in [0.15, 0.2) is 0 Å². The van der Waals surface area contributed by atoms with Crippen molar-refractivity contribution in [3.05, 3.63) is 0 Å². The van der Waals surface area contributed by atoms with Crippen LogP contribution in [-0.4, -0.2) is 70.9 Å². The zero-order chi connectivity index (χ0) is 14.0. The van der Waals surface area contributed by atoms with Crippen LogP contribution < -0.4 is 0 Å². The highest BCUT2D eigenvalue weighted by molar-refractivity contribution is 5.78. The van der Waals surface area contributed by atoms with E-state index >= 15 is 0 Å². The van der Waals surface area contributed by atoms with E-state index in [9.17, 15) is 15.0 Å². The first-order chi connectivity index (χ1) is 8.97. The van der Waals surface area contributed by atoms with Crippen molar-refractivity contribution in [3.63, 3.8) is 0 Å². The zero-order valence-corrected chi connectivity index (χ0v) is 12.0. The highest BCUT2D eigenvalue weighted by atomic mass is 16.3. The maximum absolute atomic E-state index is 12.2. The van der Waals surface area contributed by atoms with Crippen LogP contribution in [-0.2, 0) is 4.79 Å². The van der Waals surface area contributed by atoms with Crippen molar-refractivity contribution in [2.24, 2.45) is 5.92 Å². The maximum Gasteiger partial charge on any atom is 0.236 e. The van der Waals surface area contributed by atoms with Crippen molar-refractivity contribution in [1.82, 2.24) is 9.80 Å². The topological polar surface area (TPSA) is 64.0 Å². The molecule has 110 valence electrons. The van der Waals surface area contributed by atoms with Crippen molar-refractivity contribution in [2.45, 2.75) is 50.9 Å². The average Bonchev–Trinajstić information content (AvgIpc) is 2.68. The second-order valence-electron chi connectivity index (χ2n) is 6.25. The lowest BCUT2D eigenvalue weighted by molar-refractivity contribution is -0.133. The molecule has 2 N–H and O–H groups in total. The van der Waals surface area contributed by atoms with Crippen LogP contribution in [0, 0.1) is 5.92 Å². The fourth-order valence-corrected chi connectivity index (χ4v) is 3.11. The molecule has 0 aromatic rings. The second-order valence-corrected chi connectivity index (χ2v) is 6.25. The average molecular weight is 270 g/mol. The Labute approximate surface area is 115 Å². The van der Waals surface area contributed by atoms with Crippen molar-refractivity contribution in [2.75, 3.05) is 26.7 Å². The van der Waals surface area contributed by atoms with Gasteiger partial charge in [0.1, 0.15) is 0 Å². The molecule has 2 unspecified atom stereocenters. The summed E-state index contributed by atoms with van der Waals surface area (Å²) >= 11 is 0. The molecule has 1 aliphatic heterocycles. The van der Waals surface area contributed by atoms with Crippen LogP contribution in [0.5, 0.6) is 0 Å². The van der Waals surface area contributed by atoms with Crippen LogP contribution in [0.4, 0.5) is 0 Å². The lowest BCUT2D eigenvalue weighted by Crippen LogP contribution is -2.44. The Morgan fingerprint density at radius 2 is 1.68 bits per heavy atom. The zero-order valence-electron chi connectivity index (χ0n) is 12.0. The molecule has 2 rings (SSSR count). The number of likely N-dealkylation sites (N-methyl/N-ethyl adjacent to an activating group) is 1. The highest BCUT2D eigenvalue weighted by Gasteiger charge is 2.32. The summed E-state index contributed by atoms with van der Waals surface area (Å²) in [6.07, 6.45) is 3.15. The van der Waals surface area contributed by atoms with Crippen LogP contribution >= 0.6 is 0 Å². The SMILES string of the molecule is CC1CCC(N(C)C(=O)CN2CC(O)C(O)C2)CC1. The first-order valence-corrected chi connectivity index (χ1v) is 7.31. The minimum Gasteiger partial charge on any atom is -0.389 e. The lowest BCUT2D eigenvalue weighted by Gasteiger charge is -2.34. The summed E-state index contributed by atoms with van der Waals surface area (Å²) in [7, 11) is 1.88. The Balaban J connectivity index is 1.79. The van der Waals surface area contributed by atoms with Gasteiger partial charge in [-0.15, -0.1) is 0 Å². The normalized spacial score (nSPS) is 36.4. The Hall–Kier alpha value is -0.650. The monoisotopic (exact) mass is 270 g/mol. The number of likely N-dealkylation sites (tertiary alicyclic amines) is 1. The van der Waals surface area contributed by atoms with E-state index < -0.39 is 12.2 Å². The number of nitrogens with zero attached hydrogens (tertiary/aromatic N) is 2. The van der Waals surface area contributed by atoms with Crippen molar-refractivity contribution in [1.29, 1.82) is 0 Å². The summed E-state index contributed by atoms with van der Waals surface area (Å²) in [6, 6.07) is 0.362. The molecule has 2 aliphatic rings. The van der Waals surface area contributed by atoms with Gasteiger partial charge in [0.25, 0.3) is 0 Å². The summed E-state index contributed by atoms with van der Waals surface area (Å²) in [5.41, 5.74) is 0. The minimum atomic E-state index is -0.714. The number of β-amino-alcohol motifs (C(OH)–C–C–N with tert-alkyl or cyclic N) is 2. The van der Waals surface area contributed by atoms with E-state index in [-0.39, 0.29) is 5.91 Å². The van der Waals surface area contributed by atoms with E-state index in [2.05, 4.69) is 6.92 Å². The molecule has 0 radical (unpaired) electrons. The molecule has 2 fully saturated rings. The first kappa shape index (κ1) is 14.8. The van der Waals surface area contributed by atoms with Gasteiger partial charge in [-0.05, 0) is 31.6 Å². The summed E-state index contributed by atoms with van der Waals surface area (Å²) in [5, 5.41) is 19.0. The molecule has 2 atom stereocenters. The molecule has 5 heteroatoms. The van der Waals surface area contributed by atoms with Crippen LogP contribution in [0.1, 0.15) is 32.6 Å². The number of carbonyl (C=O) groups is 1.